The van der Waals surface area contributed by atoms with Gasteiger partial charge in [-0.1, -0.05) is 30.3 Å². The van der Waals surface area contributed by atoms with E-state index >= 15 is 0 Å². The highest BCUT2D eigenvalue weighted by molar-refractivity contribution is 7.80. The van der Waals surface area contributed by atoms with E-state index in [1.807, 2.05) is 30.3 Å². The molecule has 0 aromatic heterocycles. The third kappa shape index (κ3) is 9.30. The molecule has 1 rings (SSSR count). The van der Waals surface area contributed by atoms with Crippen LogP contribution in [0.25, 0.3) is 0 Å². The lowest BCUT2D eigenvalue weighted by Gasteiger charge is -2.19. The van der Waals surface area contributed by atoms with Crippen molar-refractivity contribution >= 4 is 29.3 Å². The predicted molar refractivity (Wildman–Crippen MR) is 91.4 cm³/mol. The first kappa shape index (κ1) is 18.7. The Labute approximate surface area is 141 Å². The quantitative estimate of drug-likeness (QED) is 0.487. The van der Waals surface area contributed by atoms with Gasteiger partial charge >= 0.3 is 6.09 Å². The standard InChI is InChI=1S/C15H22N4O3S/c1-15(2,3)22-14(21)17-10-12(20)18-19-13(23)16-9-11-7-5-4-6-8-11/h4-8H,9-10H2,1-3H3,(H,17,21)(H,18,20)(H2,16,19,23). The Morgan fingerprint density at radius 3 is 2.35 bits per heavy atom. The van der Waals surface area contributed by atoms with Crippen LogP contribution in [0, 0.1) is 0 Å². The molecule has 0 aliphatic carbocycles. The predicted octanol–water partition coefficient (Wildman–Crippen LogP) is 1.21. The van der Waals surface area contributed by atoms with Crippen molar-refractivity contribution in [2.24, 2.45) is 0 Å². The molecule has 0 atom stereocenters. The molecule has 0 radical (unpaired) electrons. The summed E-state index contributed by atoms with van der Waals surface area (Å²) < 4.78 is 5.01. The van der Waals surface area contributed by atoms with Gasteiger partial charge in [0.25, 0.3) is 5.91 Å². The van der Waals surface area contributed by atoms with Crippen LogP contribution >= 0.6 is 12.2 Å². The monoisotopic (exact) mass is 338 g/mol. The van der Waals surface area contributed by atoms with Crippen LogP contribution in [-0.2, 0) is 16.1 Å². The Morgan fingerprint density at radius 2 is 1.74 bits per heavy atom. The van der Waals surface area contributed by atoms with Gasteiger partial charge in [-0.25, -0.2) is 4.79 Å². The summed E-state index contributed by atoms with van der Waals surface area (Å²) in [7, 11) is 0. The van der Waals surface area contributed by atoms with Crippen molar-refractivity contribution in [3.63, 3.8) is 0 Å². The number of benzene rings is 1. The molecule has 0 heterocycles. The van der Waals surface area contributed by atoms with Gasteiger partial charge in [0.1, 0.15) is 12.1 Å². The molecule has 0 bridgehead atoms. The number of thiocarbonyl (C=S) groups is 1. The maximum atomic E-state index is 11.6. The average Bonchev–Trinajstić information content (AvgIpc) is 2.48. The summed E-state index contributed by atoms with van der Waals surface area (Å²) in [6, 6.07) is 9.70. The van der Waals surface area contributed by atoms with Gasteiger partial charge in [0.2, 0.25) is 0 Å². The molecular weight excluding hydrogens is 316 g/mol. The van der Waals surface area contributed by atoms with Gasteiger partial charge in [0.15, 0.2) is 5.11 Å². The molecule has 0 aliphatic rings. The molecule has 0 fully saturated rings. The Bertz CT molecular complexity index is 543. The minimum absolute atomic E-state index is 0.219. The number of amides is 2. The molecule has 23 heavy (non-hydrogen) atoms. The molecule has 8 heteroatoms. The third-order valence-corrected chi connectivity index (χ3v) is 2.65. The fourth-order valence-corrected chi connectivity index (χ4v) is 1.58. The van der Waals surface area contributed by atoms with E-state index in [1.54, 1.807) is 20.8 Å². The van der Waals surface area contributed by atoms with Gasteiger partial charge in [0.05, 0.1) is 0 Å². The van der Waals surface area contributed by atoms with E-state index in [4.69, 9.17) is 17.0 Å². The van der Waals surface area contributed by atoms with Gasteiger partial charge in [-0.2, -0.15) is 0 Å². The lowest BCUT2D eigenvalue weighted by molar-refractivity contribution is -0.120. The molecular formula is C15H22N4O3S. The van der Waals surface area contributed by atoms with Crippen molar-refractivity contribution in [1.29, 1.82) is 0 Å². The van der Waals surface area contributed by atoms with Crippen LogP contribution in [-0.4, -0.2) is 29.3 Å². The van der Waals surface area contributed by atoms with Crippen molar-refractivity contribution in [3.05, 3.63) is 35.9 Å². The van der Waals surface area contributed by atoms with E-state index in [2.05, 4.69) is 21.5 Å². The zero-order valence-corrected chi connectivity index (χ0v) is 14.3. The van der Waals surface area contributed by atoms with Crippen LogP contribution in [0.3, 0.4) is 0 Å². The highest BCUT2D eigenvalue weighted by Gasteiger charge is 2.16. The smallest absolute Gasteiger partial charge is 0.408 e. The lowest BCUT2D eigenvalue weighted by atomic mass is 10.2. The summed E-state index contributed by atoms with van der Waals surface area (Å²) in [6.07, 6.45) is -0.655. The van der Waals surface area contributed by atoms with Crippen LogP contribution in [0.1, 0.15) is 26.3 Å². The molecule has 2 amide bonds. The number of alkyl carbamates (subject to hydrolysis) is 1. The summed E-state index contributed by atoms with van der Waals surface area (Å²) in [6.45, 7) is 5.54. The van der Waals surface area contributed by atoms with Crippen molar-refractivity contribution in [1.82, 2.24) is 21.5 Å². The number of hydrogen-bond acceptors (Lipinski definition) is 4. The molecule has 7 nitrogen and oxygen atoms in total. The molecule has 1 aromatic carbocycles. The van der Waals surface area contributed by atoms with Crippen molar-refractivity contribution in [3.8, 4) is 0 Å². The Balaban J connectivity index is 2.17. The number of hydrogen-bond donors (Lipinski definition) is 4. The second-order valence-corrected chi connectivity index (χ2v) is 6.11. The number of rotatable bonds is 4. The number of ether oxygens (including phenoxy) is 1. The summed E-state index contributed by atoms with van der Waals surface area (Å²) in [5.41, 5.74) is 5.38. The van der Waals surface area contributed by atoms with Crippen molar-refractivity contribution < 1.29 is 14.3 Å². The molecule has 1 aromatic rings. The summed E-state index contributed by atoms with van der Waals surface area (Å²) >= 11 is 5.03. The van der Waals surface area contributed by atoms with Crippen molar-refractivity contribution in [2.75, 3.05) is 6.54 Å². The number of carbonyl (C=O) groups is 2. The third-order valence-electron chi connectivity index (χ3n) is 2.40. The normalized spacial score (nSPS) is 10.4. The van der Waals surface area contributed by atoms with E-state index in [9.17, 15) is 9.59 Å². The van der Waals surface area contributed by atoms with Crippen molar-refractivity contribution in [2.45, 2.75) is 32.9 Å². The van der Waals surface area contributed by atoms with Gasteiger partial charge in [-0.3, -0.25) is 15.6 Å². The zero-order valence-electron chi connectivity index (χ0n) is 13.4. The highest BCUT2D eigenvalue weighted by atomic mass is 32.1. The molecule has 126 valence electrons. The minimum atomic E-state index is -0.655. The van der Waals surface area contributed by atoms with Gasteiger partial charge in [-0.15, -0.1) is 0 Å². The van der Waals surface area contributed by atoms with Crippen LogP contribution in [0.4, 0.5) is 4.79 Å². The summed E-state index contributed by atoms with van der Waals surface area (Å²) in [5.74, 6) is -0.445. The second kappa shape index (κ2) is 8.94. The number of hydrazine groups is 1. The first-order chi connectivity index (χ1) is 10.8. The van der Waals surface area contributed by atoms with E-state index in [0.717, 1.165) is 5.56 Å². The van der Waals surface area contributed by atoms with Gasteiger partial charge in [-0.05, 0) is 38.6 Å². The molecule has 0 saturated heterocycles. The van der Waals surface area contributed by atoms with E-state index in [1.165, 1.54) is 0 Å². The largest absolute Gasteiger partial charge is 0.444 e. The lowest BCUT2D eigenvalue weighted by Crippen LogP contribution is -2.49. The fraction of sp³-hybridized carbons (Fsp3) is 0.400. The van der Waals surface area contributed by atoms with Gasteiger partial charge < -0.3 is 15.4 Å². The summed E-state index contributed by atoms with van der Waals surface area (Å²) in [4.78, 5) is 22.9. The van der Waals surface area contributed by atoms with Crippen LogP contribution in [0.2, 0.25) is 0 Å². The Morgan fingerprint density at radius 1 is 1.09 bits per heavy atom. The molecule has 0 spiro atoms. The zero-order chi connectivity index (χ0) is 17.3. The summed E-state index contributed by atoms with van der Waals surface area (Å²) in [5, 5.41) is 5.56. The maximum absolute atomic E-state index is 11.6. The molecule has 0 unspecified atom stereocenters. The Kier molecular flexibility index (Phi) is 7.27. The minimum Gasteiger partial charge on any atom is -0.444 e. The molecule has 0 aliphatic heterocycles. The average molecular weight is 338 g/mol. The number of nitrogens with one attached hydrogen (secondary N) is 4. The van der Waals surface area contributed by atoms with E-state index in [-0.39, 0.29) is 11.7 Å². The van der Waals surface area contributed by atoms with E-state index < -0.39 is 17.6 Å². The maximum Gasteiger partial charge on any atom is 0.408 e. The molecule has 4 N–H and O–H groups in total. The van der Waals surface area contributed by atoms with Crippen LogP contribution in [0.5, 0.6) is 0 Å². The van der Waals surface area contributed by atoms with Crippen LogP contribution in [0.15, 0.2) is 30.3 Å². The second-order valence-electron chi connectivity index (χ2n) is 5.70. The first-order valence-corrected chi connectivity index (χ1v) is 7.50. The molecule has 0 saturated carbocycles. The first-order valence-electron chi connectivity index (χ1n) is 7.10. The Hall–Kier alpha value is -2.35. The van der Waals surface area contributed by atoms with E-state index in [0.29, 0.717) is 6.54 Å². The fourth-order valence-electron chi connectivity index (χ4n) is 1.46. The SMILES string of the molecule is CC(C)(C)OC(=O)NCC(=O)NNC(=S)NCc1ccccc1. The van der Waals surface area contributed by atoms with Gasteiger partial charge in [0, 0.05) is 6.54 Å². The van der Waals surface area contributed by atoms with Crippen LogP contribution < -0.4 is 21.5 Å². The topological polar surface area (TPSA) is 91.5 Å². The highest BCUT2D eigenvalue weighted by Crippen LogP contribution is 2.05. The number of carbonyl (C=O) groups excluding carboxylic acids is 2.